The van der Waals surface area contributed by atoms with Gasteiger partial charge >= 0.3 is 0 Å². The first-order valence-electron chi connectivity index (χ1n) is 4.86. The van der Waals surface area contributed by atoms with Crippen LogP contribution in [0.2, 0.25) is 0 Å². The number of aromatic nitrogens is 4. The number of imidazole rings is 2. The van der Waals surface area contributed by atoms with Crippen molar-refractivity contribution in [1.82, 2.24) is 19.1 Å². The van der Waals surface area contributed by atoms with Gasteiger partial charge in [-0.2, -0.15) is 0 Å². The Labute approximate surface area is 94.2 Å². The van der Waals surface area contributed by atoms with Crippen molar-refractivity contribution in [3.8, 4) is 0 Å². The monoisotopic (exact) mass is 226 g/mol. The first-order valence-corrected chi connectivity index (χ1v) is 4.86. The number of unbranched alkanes of at least 4 members (excludes halogenated alkanes) is 1. The Bertz CT molecular complexity index is 309. The molecule has 0 unspecified atom stereocenters. The molecule has 0 aliphatic carbocycles. The molecule has 0 amide bonds. The molecule has 2 heterocycles. The Hall–Kier alpha value is -1.66. The number of rotatable bonds is 5. The maximum absolute atomic E-state index is 4.00. The second-order valence-corrected chi connectivity index (χ2v) is 3.31. The molecule has 0 saturated heterocycles. The predicted molar refractivity (Wildman–Crippen MR) is 60.9 cm³/mol. The van der Waals surface area contributed by atoms with Gasteiger partial charge in [0.05, 0.1) is 12.7 Å². The van der Waals surface area contributed by atoms with E-state index in [-0.39, 0.29) is 11.0 Å². The largest absolute Gasteiger partial charge is 0.412 e. The zero-order valence-corrected chi connectivity index (χ0v) is 9.08. The van der Waals surface area contributed by atoms with E-state index in [1.807, 2.05) is 37.4 Å². The van der Waals surface area contributed by atoms with E-state index in [0.29, 0.717) is 0 Å². The van der Waals surface area contributed by atoms with E-state index in [4.69, 9.17) is 0 Å². The molecule has 0 fully saturated rings. The summed E-state index contributed by atoms with van der Waals surface area (Å²) in [6, 6.07) is 0. The minimum absolute atomic E-state index is 0. The van der Waals surface area contributed by atoms with E-state index in [1.54, 1.807) is 0 Å². The molecule has 2 aromatic rings. The van der Waals surface area contributed by atoms with E-state index < -0.39 is 0 Å². The summed E-state index contributed by atoms with van der Waals surface area (Å²) in [6.45, 7) is 2.10. The molecule has 6 heteroatoms. The van der Waals surface area contributed by atoms with Gasteiger partial charge in [0, 0.05) is 37.9 Å². The van der Waals surface area contributed by atoms with Gasteiger partial charge in [-0.1, -0.05) is 0 Å². The summed E-state index contributed by atoms with van der Waals surface area (Å²) in [5, 5.41) is 0. The Morgan fingerprint density at radius 2 is 1.19 bits per heavy atom. The molecule has 0 bridgehead atoms. The van der Waals surface area contributed by atoms with Gasteiger partial charge in [-0.05, 0) is 12.8 Å². The lowest BCUT2D eigenvalue weighted by Crippen LogP contribution is -1.98. The molecule has 0 aromatic carbocycles. The van der Waals surface area contributed by atoms with Gasteiger partial charge in [-0.15, -0.1) is 0 Å². The fourth-order valence-corrected chi connectivity index (χ4v) is 1.43. The van der Waals surface area contributed by atoms with Crippen molar-refractivity contribution in [2.75, 3.05) is 0 Å². The zero-order chi connectivity index (χ0) is 9.64. The Kier molecular flexibility index (Phi) is 6.82. The van der Waals surface area contributed by atoms with Crippen LogP contribution in [0, 0.1) is 0 Å². The summed E-state index contributed by atoms with van der Waals surface area (Å²) in [6.07, 6.45) is 13.7. The third-order valence-corrected chi connectivity index (χ3v) is 2.20. The molecule has 16 heavy (non-hydrogen) atoms. The summed E-state index contributed by atoms with van der Waals surface area (Å²) >= 11 is 0. The summed E-state index contributed by atoms with van der Waals surface area (Å²) in [5.41, 5.74) is 0. The number of hydrogen-bond donors (Lipinski definition) is 0. The van der Waals surface area contributed by atoms with Crippen LogP contribution in [0.15, 0.2) is 37.4 Å². The average Bonchev–Trinajstić information content (AvgIpc) is 2.86. The minimum atomic E-state index is 0. The molecule has 90 valence electrons. The first-order chi connectivity index (χ1) is 6.95. The van der Waals surface area contributed by atoms with Gasteiger partial charge < -0.3 is 20.1 Å². The van der Waals surface area contributed by atoms with E-state index >= 15 is 0 Å². The van der Waals surface area contributed by atoms with Gasteiger partial charge in [0.2, 0.25) is 0 Å². The van der Waals surface area contributed by atoms with Crippen molar-refractivity contribution < 1.29 is 11.0 Å². The van der Waals surface area contributed by atoms with Crippen molar-refractivity contribution in [3.63, 3.8) is 0 Å². The van der Waals surface area contributed by atoms with Gasteiger partial charge in [0.25, 0.3) is 0 Å². The van der Waals surface area contributed by atoms with Crippen LogP contribution in [0.1, 0.15) is 12.8 Å². The highest BCUT2D eigenvalue weighted by atomic mass is 16.0. The molecule has 6 nitrogen and oxygen atoms in total. The summed E-state index contributed by atoms with van der Waals surface area (Å²) in [5.74, 6) is 0. The maximum atomic E-state index is 4.00. The normalized spacial score (nSPS) is 9.25. The van der Waals surface area contributed by atoms with Gasteiger partial charge in [0.1, 0.15) is 0 Å². The van der Waals surface area contributed by atoms with E-state index in [2.05, 4.69) is 19.1 Å². The summed E-state index contributed by atoms with van der Waals surface area (Å²) < 4.78 is 4.21. The highest BCUT2D eigenvalue weighted by molar-refractivity contribution is 4.75. The van der Waals surface area contributed by atoms with Crippen LogP contribution in [0.25, 0.3) is 0 Å². The van der Waals surface area contributed by atoms with E-state index in [9.17, 15) is 0 Å². The average molecular weight is 226 g/mol. The smallest absolute Gasteiger partial charge is 0.0945 e. The molecule has 2 aromatic heterocycles. The topological polar surface area (TPSA) is 98.6 Å². The fourth-order valence-electron chi connectivity index (χ4n) is 1.43. The number of hydrogen-bond acceptors (Lipinski definition) is 2. The first kappa shape index (κ1) is 14.3. The zero-order valence-electron chi connectivity index (χ0n) is 9.08. The lowest BCUT2D eigenvalue weighted by Gasteiger charge is -2.02. The Morgan fingerprint density at radius 1 is 0.750 bits per heavy atom. The Morgan fingerprint density at radius 3 is 1.50 bits per heavy atom. The van der Waals surface area contributed by atoms with E-state index in [1.165, 1.54) is 12.8 Å². The van der Waals surface area contributed by atoms with Crippen LogP contribution in [0.5, 0.6) is 0 Å². The van der Waals surface area contributed by atoms with Crippen molar-refractivity contribution in [2.45, 2.75) is 25.9 Å². The lowest BCUT2D eigenvalue weighted by molar-refractivity contribution is 0.552. The molecule has 0 aliphatic heterocycles. The lowest BCUT2D eigenvalue weighted by atomic mass is 10.3. The summed E-state index contributed by atoms with van der Waals surface area (Å²) in [7, 11) is 0. The molecule has 2 rings (SSSR count). The predicted octanol–water partition coefficient (Wildman–Crippen LogP) is -0.0894. The highest BCUT2D eigenvalue weighted by Gasteiger charge is 1.92. The molecule has 0 spiro atoms. The second-order valence-electron chi connectivity index (χ2n) is 3.31. The molecule has 0 aliphatic rings. The standard InChI is InChI=1S/C10H14N4.2H2O/c1(5-13-7-3-11-9-13)2-6-14-8-4-12-10-14;;/h3-4,7-10H,1-2,5-6H2;2*1H2. The molecular formula is C10H18N4O2. The number of nitrogens with zero attached hydrogens (tertiary/aromatic N) is 4. The molecule has 0 radical (unpaired) electrons. The van der Waals surface area contributed by atoms with Crippen LogP contribution in [0.4, 0.5) is 0 Å². The van der Waals surface area contributed by atoms with Crippen LogP contribution in [0.3, 0.4) is 0 Å². The molecule has 0 atom stereocenters. The van der Waals surface area contributed by atoms with Crippen molar-refractivity contribution in [2.24, 2.45) is 0 Å². The number of aryl methyl sites for hydroxylation is 2. The molecule has 4 N–H and O–H groups in total. The maximum Gasteiger partial charge on any atom is 0.0945 e. The highest BCUT2D eigenvalue weighted by Crippen LogP contribution is 1.98. The SMILES string of the molecule is O.O.c1cn(CCCCn2ccnc2)cn1. The van der Waals surface area contributed by atoms with Crippen LogP contribution in [-0.2, 0) is 13.1 Å². The quantitative estimate of drug-likeness (QED) is 0.665. The third-order valence-electron chi connectivity index (χ3n) is 2.20. The van der Waals surface area contributed by atoms with E-state index in [0.717, 1.165) is 13.1 Å². The van der Waals surface area contributed by atoms with Crippen molar-refractivity contribution in [3.05, 3.63) is 37.4 Å². The Balaban J connectivity index is 0.00000112. The van der Waals surface area contributed by atoms with Crippen molar-refractivity contribution >= 4 is 0 Å². The van der Waals surface area contributed by atoms with Crippen LogP contribution < -0.4 is 0 Å². The van der Waals surface area contributed by atoms with Crippen LogP contribution >= 0.6 is 0 Å². The van der Waals surface area contributed by atoms with Crippen molar-refractivity contribution in [1.29, 1.82) is 0 Å². The molecular weight excluding hydrogens is 208 g/mol. The van der Waals surface area contributed by atoms with Gasteiger partial charge in [0.15, 0.2) is 0 Å². The van der Waals surface area contributed by atoms with Crippen LogP contribution in [-0.4, -0.2) is 30.1 Å². The minimum Gasteiger partial charge on any atom is -0.412 e. The third kappa shape index (κ3) is 4.24. The van der Waals surface area contributed by atoms with Gasteiger partial charge in [-0.25, -0.2) is 9.97 Å². The van der Waals surface area contributed by atoms with Gasteiger partial charge in [-0.3, -0.25) is 0 Å². The second kappa shape index (κ2) is 7.61. The summed E-state index contributed by atoms with van der Waals surface area (Å²) in [4.78, 5) is 8.00. The molecule has 0 saturated carbocycles. The fraction of sp³-hybridized carbons (Fsp3) is 0.400.